The number of carbonyl (C=O) groups excluding carboxylic acids is 2. The van der Waals surface area contributed by atoms with Gasteiger partial charge in [-0.25, -0.2) is 4.98 Å². The van der Waals surface area contributed by atoms with E-state index in [2.05, 4.69) is 10.3 Å². The van der Waals surface area contributed by atoms with Crippen molar-refractivity contribution in [2.75, 3.05) is 11.1 Å². The van der Waals surface area contributed by atoms with Gasteiger partial charge < -0.3 is 11.1 Å². The van der Waals surface area contributed by atoms with Gasteiger partial charge in [0.15, 0.2) is 17.4 Å². The smallest absolute Gasteiger partial charge is 0.196 e. The van der Waals surface area contributed by atoms with Crippen molar-refractivity contribution in [3.63, 3.8) is 0 Å². The normalized spacial score (nSPS) is 12.5. The summed E-state index contributed by atoms with van der Waals surface area (Å²) >= 11 is 0. The first-order chi connectivity index (χ1) is 11.7. The monoisotopic (exact) mass is 315 g/mol. The number of benzene rings is 2. The molecule has 4 rings (SSSR count). The first kappa shape index (κ1) is 14.1. The number of rotatable bonds is 2. The van der Waals surface area contributed by atoms with Crippen LogP contribution in [-0.2, 0) is 0 Å². The molecule has 1 heterocycles. The Morgan fingerprint density at radius 2 is 1.50 bits per heavy atom. The maximum absolute atomic E-state index is 12.9. The predicted octanol–water partition coefficient (Wildman–Crippen LogP) is 3.18. The van der Waals surface area contributed by atoms with Gasteiger partial charge in [-0.1, -0.05) is 36.4 Å². The van der Waals surface area contributed by atoms with E-state index >= 15 is 0 Å². The van der Waals surface area contributed by atoms with Crippen molar-refractivity contribution in [1.82, 2.24) is 4.98 Å². The lowest BCUT2D eigenvalue weighted by Gasteiger charge is -2.20. The van der Waals surface area contributed by atoms with Crippen molar-refractivity contribution in [3.8, 4) is 0 Å². The number of anilines is 3. The first-order valence-electron chi connectivity index (χ1n) is 7.46. The van der Waals surface area contributed by atoms with Gasteiger partial charge in [0.2, 0.25) is 0 Å². The Labute approximate surface area is 138 Å². The quantitative estimate of drug-likeness (QED) is 0.593. The van der Waals surface area contributed by atoms with Crippen LogP contribution in [0.1, 0.15) is 31.8 Å². The van der Waals surface area contributed by atoms with Gasteiger partial charge in [0.05, 0.1) is 16.9 Å². The highest BCUT2D eigenvalue weighted by molar-refractivity contribution is 6.30. The number of nitrogens with two attached hydrogens (primary N) is 1. The van der Waals surface area contributed by atoms with Crippen molar-refractivity contribution in [1.29, 1.82) is 0 Å². The van der Waals surface area contributed by atoms with Gasteiger partial charge in [0.25, 0.3) is 0 Å². The fourth-order valence-corrected chi connectivity index (χ4v) is 2.90. The highest BCUT2D eigenvalue weighted by Gasteiger charge is 2.31. The molecule has 0 spiro atoms. The van der Waals surface area contributed by atoms with Gasteiger partial charge in [-0.3, -0.25) is 9.59 Å². The average Bonchev–Trinajstić information content (AvgIpc) is 2.61. The van der Waals surface area contributed by atoms with Gasteiger partial charge in [-0.2, -0.15) is 0 Å². The number of fused-ring (bicyclic) bond motifs is 2. The zero-order chi connectivity index (χ0) is 16.7. The fraction of sp³-hybridized carbons (Fsp3) is 0. The molecule has 24 heavy (non-hydrogen) atoms. The second-order valence-corrected chi connectivity index (χ2v) is 5.50. The molecule has 5 nitrogen and oxygen atoms in total. The lowest BCUT2D eigenvalue weighted by molar-refractivity contribution is 0.0979. The summed E-state index contributed by atoms with van der Waals surface area (Å²) in [5.74, 6) is 0.112. The molecule has 0 unspecified atom stereocenters. The highest BCUT2D eigenvalue weighted by Crippen LogP contribution is 2.33. The van der Waals surface area contributed by atoms with Gasteiger partial charge in [0, 0.05) is 22.9 Å². The second-order valence-electron chi connectivity index (χ2n) is 5.50. The van der Waals surface area contributed by atoms with E-state index < -0.39 is 0 Å². The second kappa shape index (κ2) is 5.31. The van der Waals surface area contributed by atoms with E-state index in [1.807, 2.05) is 0 Å². The van der Waals surface area contributed by atoms with E-state index in [1.54, 1.807) is 60.8 Å². The average molecular weight is 315 g/mol. The predicted molar refractivity (Wildman–Crippen MR) is 91.7 cm³/mol. The standard InChI is InChI=1S/C19H13N3O2/c20-14-8-4-10-21-19(14)22-15-9-3-7-13-16(15)18(24)12-6-2-1-5-11(12)17(13)23/h1-10H,20H2,(H,21,22). The van der Waals surface area contributed by atoms with Crippen LogP contribution in [0, 0.1) is 0 Å². The van der Waals surface area contributed by atoms with Crippen LogP contribution in [0.15, 0.2) is 60.8 Å². The van der Waals surface area contributed by atoms with Crippen LogP contribution in [0.5, 0.6) is 0 Å². The topological polar surface area (TPSA) is 85.1 Å². The van der Waals surface area contributed by atoms with Crippen LogP contribution >= 0.6 is 0 Å². The molecular weight excluding hydrogens is 302 g/mol. The molecule has 3 N–H and O–H groups in total. The number of pyridine rings is 1. The van der Waals surface area contributed by atoms with Crippen molar-refractivity contribution >= 4 is 28.8 Å². The summed E-state index contributed by atoms with van der Waals surface area (Å²) in [6, 6.07) is 15.4. The van der Waals surface area contributed by atoms with E-state index in [9.17, 15) is 9.59 Å². The maximum atomic E-state index is 12.9. The molecule has 1 aromatic heterocycles. The van der Waals surface area contributed by atoms with Gasteiger partial charge in [-0.05, 0) is 18.2 Å². The minimum absolute atomic E-state index is 0.155. The van der Waals surface area contributed by atoms with Crippen LogP contribution in [0.3, 0.4) is 0 Å². The summed E-state index contributed by atoms with van der Waals surface area (Å²) in [4.78, 5) is 29.8. The number of hydrogen-bond acceptors (Lipinski definition) is 5. The van der Waals surface area contributed by atoms with Crippen LogP contribution in [0.25, 0.3) is 0 Å². The van der Waals surface area contributed by atoms with E-state index in [1.165, 1.54) is 0 Å². The molecule has 0 fully saturated rings. The first-order valence-corrected chi connectivity index (χ1v) is 7.46. The fourth-order valence-electron chi connectivity index (χ4n) is 2.90. The Kier molecular flexibility index (Phi) is 3.13. The number of hydrogen-bond donors (Lipinski definition) is 2. The largest absolute Gasteiger partial charge is 0.396 e. The van der Waals surface area contributed by atoms with E-state index in [0.29, 0.717) is 39.4 Å². The van der Waals surface area contributed by atoms with Crippen molar-refractivity contribution < 1.29 is 9.59 Å². The number of nitrogens with zero attached hydrogens (tertiary/aromatic N) is 1. The SMILES string of the molecule is Nc1cccnc1Nc1cccc2c1C(=O)c1ccccc1C2=O. The molecule has 1 aliphatic carbocycles. The van der Waals surface area contributed by atoms with Gasteiger partial charge in [-0.15, -0.1) is 0 Å². The van der Waals surface area contributed by atoms with Crippen LogP contribution in [0.4, 0.5) is 17.2 Å². The number of carbonyl (C=O) groups is 2. The molecule has 2 aromatic carbocycles. The number of ketones is 2. The molecule has 5 heteroatoms. The molecule has 0 aliphatic heterocycles. The van der Waals surface area contributed by atoms with Crippen LogP contribution in [-0.4, -0.2) is 16.6 Å². The maximum Gasteiger partial charge on any atom is 0.196 e. The summed E-state index contributed by atoms with van der Waals surface area (Å²) in [5.41, 5.74) is 8.48. The minimum atomic E-state index is -0.183. The number of nitrogens with one attached hydrogen (secondary N) is 1. The zero-order valence-corrected chi connectivity index (χ0v) is 12.6. The molecule has 0 atom stereocenters. The minimum Gasteiger partial charge on any atom is -0.396 e. The van der Waals surface area contributed by atoms with E-state index in [-0.39, 0.29) is 11.6 Å². The molecule has 0 bridgehead atoms. The number of nitrogen functional groups attached to an aromatic ring is 1. The summed E-state index contributed by atoms with van der Waals surface area (Å²) in [6.45, 7) is 0. The van der Waals surface area contributed by atoms with Crippen LogP contribution < -0.4 is 11.1 Å². The van der Waals surface area contributed by atoms with Crippen molar-refractivity contribution in [2.45, 2.75) is 0 Å². The molecule has 0 radical (unpaired) electrons. The Bertz CT molecular complexity index is 995. The summed E-state index contributed by atoms with van der Waals surface area (Å²) in [5, 5.41) is 3.07. The Morgan fingerprint density at radius 3 is 2.25 bits per heavy atom. The summed E-state index contributed by atoms with van der Waals surface area (Å²) in [7, 11) is 0. The van der Waals surface area contributed by atoms with E-state index in [4.69, 9.17) is 5.73 Å². The lowest BCUT2D eigenvalue weighted by Crippen LogP contribution is -2.22. The molecular formula is C19H13N3O2. The molecule has 116 valence electrons. The van der Waals surface area contributed by atoms with Crippen molar-refractivity contribution in [3.05, 3.63) is 83.0 Å². The Hall–Kier alpha value is -3.47. The summed E-state index contributed by atoms with van der Waals surface area (Å²) < 4.78 is 0. The van der Waals surface area contributed by atoms with Crippen molar-refractivity contribution in [2.24, 2.45) is 0 Å². The third kappa shape index (κ3) is 2.06. The lowest BCUT2D eigenvalue weighted by atomic mass is 9.83. The van der Waals surface area contributed by atoms with Gasteiger partial charge >= 0.3 is 0 Å². The third-order valence-electron chi connectivity index (χ3n) is 4.04. The summed E-state index contributed by atoms with van der Waals surface area (Å²) in [6.07, 6.45) is 1.61. The molecule has 1 aliphatic rings. The van der Waals surface area contributed by atoms with Gasteiger partial charge in [0.1, 0.15) is 0 Å². The Balaban J connectivity index is 1.87. The third-order valence-corrected chi connectivity index (χ3v) is 4.04. The van der Waals surface area contributed by atoms with E-state index in [0.717, 1.165) is 0 Å². The highest BCUT2D eigenvalue weighted by atomic mass is 16.1. The zero-order valence-electron chi connectivity index (χ0n) is 12.6. The molecule has 0 saturated heterocycles. The molecule has 0 saturated carbocycles. The Morgan fingerprint density at radius 1 is 0.792 bits per heavy atom. The molecule has 0 amide bonds. The number of aromatic nitrogens is 1. The van der Waals surface area contributed by atoms with Crippen LogP contribution in [0.2, 0.25) is 0 Å². The molecule has 3 aromatic rings.